The van der Waals surface area contributed by atoms with E-state index in [2.05, 4.69) is 36.5 Å². The Balaban J connectivity index is 1.78. The average molecular weight is 335 g/mol. The SMILES string of the molecule is Cc1cc(Br)cnc1NCCNC(=O)c1cccnc1. The first kappa shape index (κ1) is 14.5. The lowest BCUT2D eigenvalue weighted by Crippen LogP contribution is -2.29. The molecule has 2 heterocycles. The molecule has 20 heavy (non-hydrogen) atoms. The molecule has 2 aromatic heterocycles. The summed E-state index contributed by atoms with van der Waals surface area (Å²) < 4.78 is 0.949. The van der Waals surface area contributed by atoms with Gasteiger partial charge in [-0.15, -0.1) is 0 Å². The standard InChI is InChI=1S/C14H15BrN4O/c1-10-7-12(15)9-19-13(10)17-5-6-18-14(20)11-3-2-4-16-8-11/h2-4,7-9H,5-6H2,1H3,(H,17,19)(H,18,20). The number of nitrogens with one attached hydrogen (secondary N) is 2. The molecule has 0 atom stereocenters. The van der Waals surface area contributed by atoms with Crippen LogP contribution in [0.15, 0.2) is 41.3 Å². The van der Waals surface area contributed by atoms with Gasteiger partial charge in [0, 0.05) is 36.2 Å². The highest BCUT2D eigenvalue weighted by Gasteiger charge is 2.04. The molecular formula is C14H15BrN4O. The van der Waals surface area contributed by atoms with Gasteiger partial charge in [0.2, 0.25) is 0 Å². The van der Waals surface area contributed by atoms with Crippen LogP contribution in [0.3, 0.4) is 0 Å². The van der Waals surface area contributed by atoms with E-state index in [1.165, 1.54) is 0 Å². The predicted octanol–water partition coefficient (Wildman–Crippen LogP) is 2.39. The molecule has 104 valence electrons. The van der Waals surface area contributed by atoms with E-state index in [-0.39, 0.29) is 5.91 Å². The highest BCUT2D eigenvalue weighted by atomic mass is 79.9. The zero-order valence-electron chi connectivity index (χ0n) is 11.1. The van der Waals surface area contributed by atoms with Crippen LogP contribution in [0.1, 0.15) is 15.9 Å². The van der Waals surface area contributed by atoms with Crippen LogP contribution in [0.2, 0.25) is 0 Å². The summed E-state index contributed by atoms with van der Waals surface area (Å²) in [5, 5.41) is 6.01. The number of halogens is 1. The van der Waals surface area contributed by atoms with Gasteiger partial charge < -0.3 is 10.6 Å². The molecule has 0 aromatic carbocycles. The van der Waals surface area contributed by atoms with E-state index in [4.69, 9.17) is 0 Å². The van der Waals surface area contributed by atoms with E-state index in [9.17, 15) is 4.79 Å². The van der Waals surface area contributed by atoms with E-state index in [0.29, 0.717) is 18.7 Å². The fraction of sp³-hybridized carbons (Fsp3) is 0.214. The van der Waals surface area contributed by atoms with Gasteiger partial charge in [0.1, 0.15) is 5.82 Å². The molecule has 0 spiro atoms. The minimum atomic E-state index is -0.125. The van der Waals surface area contributed by atoms with Gasteiger partial charge in [0.05, 0.1) is 5.56 Å². The number of carbonyl (C=O) groups excluding carboxylic acids is 1. The monoisotopic (exact) mass is 334 g/mol. The van der Waals surface area contributed by atoms with E-state index in [1.807, 2.05) is 13.0 Å². The Bertz CT molecular complexity index is 589. The Morgan fingerprint density at radius 1 is 1.35 bits per heavy atom. The normalized spacial score (nSPS) is 10.1. The van der Waals surface area contributed by atoms with Crippen molar-refractivity contribution in [2.24, 2.45) is 0 Å². The number of aromatic nitrogens is 2. The van der Waals surface area contributed by atoms with Crippen LogP contribution in [0.5, 0.6) is 0 Å². The van der Waals surface area contributed by atoms with Crippen LogP contribution in [0.25, 0.3) is 0 Å². The third kappa shape index (κ3) is 4.03. The highest BCUT2D eigenvalue weighted by Crippen LogP contribution is 2.16. The van der Waals surface area contributed by atoms with Crippen molar-refractivity contribution in [2.45, 2.75) is 6.92 Å². The first-order chi connectivity index (χ1) is 9.66. The fourth-order valence-corrected chi connectivity index (χ4v) is 2.13. The highest BCUT2D eigenvalue weighted by molar-refractivity contribution is 9.10. The first-order valence-corrected chi connectivity index (χ1v) is 7.00. The van der Waals surface area contributed by atoms with Crippen LogP contribution < -0.4 is 10.6 Å². The summed E-state index contributed by atoms with van der Waals surface area (Å²) in [6.45, 7) is 3.11. The Labute approximate surface area is 126 Å². The lowest BCUT2D eigenvalue weighted by molar-refractivity contribution is 0.0955. The molecule has 0 unspecified atom stereocenters. The van der Waals surface area contributed by atoms with E-state index < -0.39 is 0 Å². The smallest absolute Gasteiger partial charge is 0.252 e. The van der Waals surface area contributed by atoms with E-state index in [1.54, 1.807) is 30.7 Å². The number of aryl methyl sites for hydroxylation is 1. The van der Waals surface area contributed by atoms with E-state index >= 15 is 0 Å². The van der Waals surface area contributed by atoms with Crippen molar-refractivity contribution in [1.29, 1.82) is 0 Å². The number of rotatable bonds is 5. The lowest BCUT2D eigenvalue weighted by Gasteiger charge is -2.09. The van der Waals surface area contributed by atoms with Gasteiger partial charge in [0.25, 0.3) is 5.91 Å². The topological polar surface area (TPSA) is 66.9 Å². The molecule has 0 radical (unpaired) electrons. The first-order valence-electron chi connectivity index (χ1n) is 6.21. The largest absolute Gasteiger partial charge is 0.368 e. The Morgan fingerprint density at radius 3 is 2.90 bits per heavy atom. The zero-order valence-corrected chi connectivity index (χ0v) is 12.6. The van der Waals surface area contributed by atoms with Crippen LogP contribution in [0, 0.1) is 6.92 Å². The molecule has 0 bridgehead atoms. The zero-order chi connectivity index (χ0) is 14.4. The molecule has 5 nitrogen and oxygen atoms in total. The summed E-state index contributed by atoms with van der Waals surface area (Å²) in [5.74, 6) is 0.698. The van der Waals surface area contributed by atoms with Crippen LogP contribution in [-0.4, -0.2) is 29.0 Å². The Kier molecular flexibility index (Phi) is 5.06. The summed E-state index contributed by atoms with van der Waals surface area (Å²) in [5.41, 5.74) is 1.61. The second-order valence-electron chi connectivity index (χ2n) is 4.24. The second kappa shape index (κ2) is 7.00. The molecule has 0 saturated carbocycles. The number of hydrogen-bond donors (Lipinski definition) is 2. The van der Waals surface area contributed by atoms with Crippen molar-refractivity contribution >= 4 is 27.7 Å². The molecule has 0 aliphatic rings. The molecular weight excluding hydrogens is 320 g/mol. The van der Waals surface area contributed by atoms with Crippen molar-refractivity contribution in [3.63, 3.8) is 0 Å². The molecule has 0 aliphatic carbocycles. The number of hydrogen-bond acceptors (Lipinski definition) is 4. The third-order valence-electron chi connectivity index (χ3n) is 2.67. The van der Waals surface area contributed by atoms with Gasteiger partial charge in [-0.3, -0.25) is 9.78 Å². The molecule has 6 heteroatoms. The number of carbonyl (C=O) groups is 1. The average Bonchev–Trinajstić information content (AvgIpc) is 2.46. The van der Waals surface area contributed by atoms with Crippen molar-refractivity contribution in [3.05, 3.63) is 52.4 Å². The van der Waals surface area contributed by atoms with Crippen LogP contribution in [0.4, 0.5) is 5.82 Å². The van der Waals surface area contributed by atoms with Crippen molar-refractivity contribution < 1.29 is 4.79 Å². The molecule has 0 aliphatic heterocycles. The third-order valence-corrected chi connectivity index (χ3v) is 3.11. The Morgan fingerprint density at radius 2 is 2.20 bits per heavy atom. The number of nitrogens with zero attached hydrogens (tertiary/aromatic N) is 2. The van der Waals surface area contributed by atoms with Crippen molar-refractivity contribution in [3.8, 4) is 0 Å². The summed E-state index contributed by atoms with van der Waals surface area (Å²) in [6.07, 6.45) is 4.92. The maximum Gasteiger partial charge on any atom is 0.252 e. The molecule has 0 fully saturated rings. The molecule has 0 saturated heterocycles. The van der Waals surface area contributed by atoms with Gasteiger partial charge in [-0.05, 0) is 46.6 Å². The minimum Gasteiger partial charge on any atom is -0.368 e. The van der Waals surface area contributed by atoms with Crippen molar-refractivity contribution in [1.82, 2.24) is 15.3 Å². The number of pyridine rings is 2. The maximum absolute atomic E-state index is 11.8. The molecule has 2 aromatic rings. The minimum absolute atomic E-state index is 0.125. The quantitative estimate of drug-likeness (QED) is 0.824. The van der Waals surface area contributed by atoms with Gasteiger partial charge in [-0.25, -0.2) is 4.98 Å². The summed E-state index contributed by atoms with van der Waals surface area (Å²) in [6, 6.07) is 5.46. The fourth-order valence-electron chi connectivity index (χ4n) is 1.68. The van der Waals surface area contributed by atoms with Crippen LogP contribution >= 0.6 is 15.9 Å². The summed E-state index contributed by atoms with van der Waals surface area (Å²) >= 11 is 3.37. The maximum atomic E-state index is 11.8. The van der Waals surface area contributed by atoms with Gasteiger partial charge in [0.15, 0.2) is 0 Å². The number of anilines is 1. The van der Waals surface area contributed by atoms with Gasteiger partial charge in [-0.2, -0.15) is 0 Å². The van der Waals surface area contributed by atoms with Gasteiger partial charge in [-0.1, -0.05) is 0 Å². The van der Waals surface area contributed by atoms with Crippen molar-refractivity contribution in [2.75, 3.05) is 18.4 Å². The molecule has 1 amide bonds. The Hall–Kier alpha value is -1.95. The summed E-state index contributed by atoms with van der Waals surface area (Å²) in [7, 11) is 0. The van der Waals surface area contributed by atoms with Gasteiger partial charge >= 0.3 is 0 Å². The lowest BCUT2D eigenvalue weighted by atomic mass is 10.2. The number of amides is 1. The second-order valence-corrected chi connectivity index (χ2v) is 5.16. The van der Waals surface area contributed by atoms with E-state index in [0.717, 1.165) is 15.9 Å². The molecule has 2 rings (SSSR count). The summed E-state index contributed by atoms with van der Waals surface area (Å²) in [4.78, 5) is 19.9. The van der Waals surface area contributed by atoms with Crippen LogP contribution in [-0.2, 0) is 0 Å². The predicted molar refractivity (Wildman–Crippen MR) is 81.7 cm³/mol. The molecule has 2 N–H and O–H groups in total.